The Bertz CT molecular complexity index is 1070. The summed E-state index contributed by atoms with van der Waals surface area (Å²) < 4.78 is 0.763. The number of amides is 5. The molecule has 1 unspecified atom stereocenters. The number of rotatable bonds is 6. The number of nitrogens with zero attached hydrogens (tertiary/aromatic N) is 1. The summed E-state index contributed by atoms with van der Waals surface area (Å²) in [6.07, 6.45) is 0. The highest BCUT2D eigenvalue weighted by atomic mass is 79.9. The molecule has 2 aromatic rings. The first-order valence-electron chi connectivity index (χ1n) is 9.64. The van der Waals surface area contributed by atoms with E-state index in [0.29, 0.717) is 11.3 Å². The van der Waals surface area contributed by atoms with Crippen LogP contribution in [0.2, 0.25) is 0 Å². The molecule has 5 amide bonds. The van der Waals surface area contributed by atoms with Crippen LogP contribution in [0.1, 0.15) is 23.6 Å². The summed E-state index contributed by atoms with van der Waals surface area (Å²) in [4.78, 5) is 50.6. The van der Waals surface area contributed by atoms with Crippen LogP contribution < -0.4 is 16.0 Å². The lowest BCUT2D eigenvalue weighted by molar-refractivity contribution is -0.135. The van der Waals surface area contributed by atoms with Gasteiger partial charge in [0.2, 0.25) is 11.8 Å². The summed E-state index contributed by atoms with van der Waals surface area (Å²) in [7, 11) is 0. The van der Waals surface area contributed by atoms with Gasteiger partial charge in [-0.1, -0.05) is 40.2 Å². The Balaban J connectivity index is 1.59. The van der Waals surface area contributed by atoms with Crippen molar-refractivity contribution < 1.29 is 19.2 Å². The topological polar surface area (TPSA) is 108 Å². The van der Waals surface area contributed by atoms with E-state index >= 15 is 0 Å². The van der Waals surface area contributed by atoms with E-state index in [4.69, 9.17) is 0 Å². The molecule has 1 saturated heterocycles. The predicted molar refractivity (Wildman–Crippen MR) is 119 cm³/mol. The Morgan fingerprint density at radius 3 is 2.52 bits per heavy atom. The van der Waals surface area contributed by atoms with E-state index in [1.165, 1.54) is 0 Å². The largest absolute Gasteiger partial charge is 0.345 e. The number of nitrogens with one attached hydrogen (secondary N) is 3. The Hall–Kier alpha value is -3.20. The van der Waals surface area contributed by atoms with Gasteiger partial charge in [0.25, 0.3) is 5.91 Å². The van der Waals surface area contributed by atoms with Gasteiger partial charge in [-0.15, -0.1) is 0 Å². The van der Waals surface area contributed by atoms with Gasteiger partial charge in [-0.2, -0.15) is 0 Å². The number of hydrogen-bond donors (Lipinski definition) is 3. The van der Waals surface area contributed by atoms with Crippen molar-refractivity contribution in [3.63, 3.8) is 0 Å². The SMILES string of the molecule is Cc1cccc(NC(=O)CNC(=O)CN2C(=O)NC(C)(c3cccc(Br)c3)C2=O)c1C. The lowest BCUT2D eigenvalue weighted by atomic mass is 9.92. The van der Waals surface area contributed by atoms with Gasteiger partial charge < -0.3 is 16.0 Å². The molecule has 3 rings (SSSR count). The zero-order chi connectivity index (χ0) is 22.8. The van der Waals surface area contributed by atoms with Crippen LogP contribution in [-0.2, 0) is 19.9 Å². The average Bonchev–Trinajstić information content (AvgIpc) is 2.94. The molecular weight excluding hydrogens is 464 g/mol. The first-order valence-corrected chi connectivity index (χ1v) is 10.4. The maximum atomic E-state index is 12.9. The number of anilines is 1. The molecule has 1 aliphatic heterocycles. The summed E-state index contributed by atoms with van der Waals surface area (Å²) in [6.45, 7) is 4.66. The van der Waals surface area contributed by atoms with E-state index in [2.05, 4.69) is 31.9 Å². The van der Waals surface area contributed by atoms with E-state index in [9.17, 15) is 19.2 Å². The molecule has 3 N–H and O–H groups in total. The highest BCUT2D eigenvalue weighted by Crippen LogP contribution is 2.30. The van der Waals surface area contributed by atoms with Gasteiger partial charge >= 0.3 is 6.03 Å². The fourth-order valence-electron chi connectivity index (χ4n) is 3.29. The first-order chi connectivity index (χ1) is 14.6. The van der Waals surface area contributed by atoms with Crippen LogP contribution in [0.25, 0.3) is 0 Å². The molecule has 0 saturated carbocycles. The summed E-state index contributed by atoms with van der Waals surface area (Å²) in [5, 5.41) is 7.83. The molecule has 1 atom stereocenters. The van der Waals surface area contributed by atoms with Gasteiger partial charge in [-0.05, 0) is 55.7 Å². The third-order valence-corrected chi connectivity index (χ3v) is 5.80. The Labute approximate surface area is 188 Å². The molecule has 0 bridgehead atoms. The van der Waals surface area contributed by atoms with Crippen LogP contribution >= 0.6 is 15.9 Å². The second kappa shape index (κ2) is 8.89. The fraction of sp³-hybridized carbons (Fsp3) is 0.273. The number of carbonyl (C=O) groups is 4. The van der Waals surface area contributed by atoms with Gasteiger partial charge in [-0.3, -0.25) is 19.3 Å². The second-order valence-electron chi connectivity index (χ2n) is 7.53. The standard InChI is InChI=1S/C22H23BrN4O4/c1-13-6-4-9-17(14(13)2)25-18(28)11-24-19(29)12-27-20(30)22(3,26-21(27)31)15-7-5-8-16(23)10-15/h4-10H,11-12H2,1-3H3,(H,24,29)(H,25,28)(H,26,31). The van der Waals surface area contributed by atoms with Gasteiger partial charge in [0, 0.05) is 10.2 Å². The molecule has 8 nitrogen and oxygen atoms in total. The van der Waals surface area contributed by atoms with Crippen molar-refractivity contribution in [2.45, 2.75) is 26.3 Å². The van der Waals surface area contributed by atoms with E-state index in [1.54, 1.807) is 31.2 Å². The average molecular weight is 487 g/mol. The molecule has 1 heterocycles. The molecule has 1 fully saturated rings. The molecule has 0 aromatic heterocycles. The number of hydrogen-bond acceptors (Lipinski definition) is 4. The summed E-state index contributed by atoms with van der Waals surface area (Å²) in [5.41, 5.74) is 1.96. The van der Waals surface area contributed by atoms with E-state index in [0.717, 1.165) is 20.5 Å². The van der Waals surface area contributed by atoms with E-state index < -0.39 is 35.8 Å². The van der Waals surface area contributed by atoms with Crippen molar-refractivity contribution in [3.05, 3.63) is 63.6 Å². The van der Waals surface area contributed by atoms with Crippen LogP contribution in [0.15, 0.2) is 46.9 Å². The van der Waals surface area contributed by atoms with Crippen LogP contribution in [0.3, 0.4) is 0 Å². The molecule has 162 valence electrons. The molecular formula is C22H23BrN4O4. The number of imide groups is 1. The molecule has 0 spiro atoms. The lowest BCUT2D eigenvalue weighted by Crippen LogP contribution is -2.44. The number of aryl methyl sites for hydroxylation is 1. The van der Waals surface area contributed by atoms with Gasteiger partial charge in [0.05, 0.1) is 6.54 Å². The Kier molecular flexibility index (Phi) is 6.45. The number of halogens is 1. The van der Waals surface area contributed by atoms with Crippen molar-refractivity contribution in [2.75, 3.05) is 18.4 Å². The molecule has 31 heavy (non-hydrogen) atoms. The normalized spacial score (nSPS) is 18.0. The maximum Gasteiger partial charge on any atom is 0.325 e. The van der Waals surface area contributed by atoms with E-state index in [1.807, 2.05) is 32.0 Å². The highest BCUT2D eigenvalue weighted by molar-refractivity contribution is 9.10. The van der Waals surface area contributed by atoms with E-state index in [-0.39, 0.29) is 6.54 Å². The Morgan fingerprint density at radius 1 is 1.10 bits per heavy atom. The highest BCUT2D eigenvalue weighted by Gasteiger charge is 2.49. The molecule has 1 aliphatic rings. The van der Waals surface area contributed by atoms with Gasteiger partial charge in [-0.25, -0.2) is 4.79 Å². The predicted octanol–water partition coefficient (Wildman–Crippen LogP) is 2.59. The van der Waals surface area contributed by atoms with Crippen molar-refractivity contribution in [3.8, 4) is 0 Å². The molecule has 0 aliphatic carbocycles. The van der Waals surface area contributed by atoms with Crippen LogP contribution in [0.5, 0.6) is 0 Å². The van der Waals surface area contributed by atoms with Gasteiger partial charge in [0.15, 0.2) is 0 Å². The van der Waals surface area contributed by atoms with Crippen molar-refractivity contribution >= 4 is 45.4 Å². The monoisotopic (exact) mass is 486 g/mol. The first kappa shape index (κ1) is 22.5. The second-order valence-corrected chi connectivity index (χ2v) is 8.44. The summed E-state index contributed by atoms with van der Waals surface area (Å²) in [5.74, 6) is -1.55. The quantitative estimate of drug-likeness (QED) is 0.545. The molecule has 0 radical (unpaired) electrons. The summed E-state index contributed by atoms with van der Waals surface area (Å²) in [6, 6.07) is 11.9. The number of urea groups is 1. The zero-order valence-electron chi connectivity index (χ0n) is 17.4. The van der Waals surface area contributed by atoms with Crippen LogP contribution in [0, 0.1) is 13.8 Å². The van der Waals surface area contributed by atoms with Crippen LogP contribution in [-0.4, -0.2) is 41.7 Å². The minimum absolute atomic E-state index is 0.279. The van der Waals surface area contributed by atoms with Crippen LogP contribution in [0.4, 0.5) is 10.5 Å². The minimum atomic E-state index is -1.28. The molecule has 9 heteroatoms. The minimum Gasteiger partial charge on any atom is -0.345 e. The third-order valence-electron chi connectivity index (χ3n) is 5.30. The number of benzene rings is 2. The smallest absolute Gasteiger partial charge is 0.325 e. The number of carbonyl (C=O) groups excluding carboxylic acids is 4. The third kappa shape index (κ3) is 4.77. The van der Waals surface area contributed by atoms with Crippen molar-refractivity contribution in [1.82, 2.24) is 15.5 Å². The van der Waals surface area contributed by atoms with Crippen molar-refractivity contribution in [1.29, 1.82) is 0 Å². The Morgan fingerprint density at radius 2 is 1.81 bits per heavy atom. The maximum absolute atomic E-state index is 12.9. The summed E-state index contributed by atoms with van der Waals surface area (Å²) >= 11 is 3.35. The lowest BCUT2D eigenvalue weighted by Gasteiger charge is -2.22. The van der Waals surface area contributed by atoms with Crippen molar-refractivity contribution in [2.24, 2.45) is 0 Å². The molecule has 2 aromatic carbocycles. The van der Waals surface area contributed by atoms with Gasteiger partial charge in [0.1, 0.15) is 12.1 Å². The zero-order valence-corrected chi connectivity index (χ0v) is 19.0. The fourth-order valence-corrected chi connectivity index (χ4v) is 3.69.